The third kappa shape index (κ3) is 4.32. The number of halogens is 1. The van der Waals surface area contributed by atoms with Gasteiger partial charge in [-0.05, 0) is 59.6 Å². The molecule has 29 heavy (non-hydrogen) atoms. The van der Waals surface area contributed by atoms with Crippen LogP contribution < -0.4 is 5.73 Å². The zero-order valence-corrected chi connectivity index (χ0v) is 16.0. The van der Waals surface area contributed by atoms with Crippen LogP contribution in [0.5, 0.6) is 0 Å². The van der Waals surface area contributed by atoms with Crippen LogP contribution in [0.2, 0.25) is 0 Å². The molecule has 1 fully saturated rings. The number of likely N-dealkylation sites (tertiary alicyclic amines) is 1. The Morgan fingerprint density at radius 3 is 2.45 bits per heavy atom. The molecule has 2 heterocycles. The van der Waals surface area contributed by atoms with E-state index in [0.29, 0.717) is 6.54 Å². The average Bonchev–Trinajstić information content (AvgIpc) is 3.19. The van der Waals surface area contributed by atoms with Crippen LogP contribution in [-0.4, -0.2) is 44.1 Å². The monoisotopic (exact) mass is 394 g/mol. The highest BCUT2D eigenvalue weighted by molar-refractivity contribution is 5.76. The van der Waals surface area contributed by atoms with Gasteiger partial charge < -0.3 is 5.73 Å². The van der Waals surface area contributed by atoms with Crippen LogP contribution >= 0.6 is 0 Å². The van der Waals surface area contributed by atoms with E-state index in [1.165, 1.54) is 12.1 Å². The van der Waals surface area contributed by atoms with Gasteiger partial charge in [0, 0.05) is 5.92 Å². The van der Waals surface area contributed by atoms with E-state index in [1.54, 1.807) is 16.8 Å². The van der Waals surface area contributed by atoms with Crippen molar-refractivity contribution in [2.45, 2.75) is 25.4 Å². The Balaban J connectivity index is 1.63. The van der Waals surface area contributed by atoms with Crippen molar-refractivity contribution in [2.75, 3.05) is 13.1 Å². The Bertz CT molecular complexity index is 951. The van der Waals surface area contributed by atoms with Crippen LogP contribution in [0.15, 0.2) is 54.6 Å². The molecule has 0 bridgehead atoms. The van der Waals surface area contributed by atoms with Gasteiger partial charge in [-0.3, -0.25) is 9.69 Å². The Hall–Kier alpha value is -3.13. The summed E-state index contributed by atoms with van der Waals surface area (Å²) in [5, 5.41) is 12.4. The molecule has 150 valence electrons. The first kappa shape index (κ1) is 19.2. The van der Waals surface area contributed by atoms with E-state index < -0.39 is 0 Å². The number of hydrogen-bond donors (Lipinski definition) is 1. The maximum Gasteiger partial charge on any atom is 0.220 e. The summed E-state index contributed by atoms with van der Waals surface area (Å²) in [4.78, 5) is 13.8. The standard InChI is InChI=1S/C21H23FN6O/c22-18-8-6-15(7-9-18)14-28-21(24-25-26-28)19(16-4-2-1-3-5-16)27-12-10-17(11-13-27)20(23)29/h1-9,17,19H,10-14H2,(H2,23,29). The van der Waals surface area contributed by atoms with E-state index >= 15 is 0 Å². The third-order valence-electron chi connectivity index (χ3n) is 5.46. The normalized spacial score (nSPS) is 16.6. The molecule has 1 atom stereocenters. The van der Waals surface area contributed by atoms with E-state index in [2.05, 4.69) is 32.6 Å². The molecule has 0 aliphatic carbocycles. The number of benzene rings is 2. The number of piperidine rings is 1. The zero-order valence-electron chi connectivity index (χ0n) is 16.0. The molecule has 2 N–H and O–H groups in total. The Morgan fingerprint density at radius 1 is 1.10 bits per heavy atom. The van der Waals surface area contributed by atoms with Gasteiger partial charge in [0.05, 0.1) is 12.6 Å². The fourth-order valence-electron chi connectivity index (χ4n) is 3.88. The van der Waals surface area contributed by atoms with Gasteiger partial charge in [0.1, 0.15) is 5.82 Å². The largest absolute Gasteiger partial charge is 0.369 e. The van der Waals surface area contributed by atoms with E-state index in [1.807, 2.05) is 18.2 Å². The highest BCUT2D eigenvalue weighted by Gasteiger charge is 2.32. The zero-order chi connectivity index (χ0) is 20.2. The van der Waals surface area contributed by atoms with Gasteiger partial charge in [0.15, 0.2) is 5.82 Å². The topological polar surface area (TPSA) is 89.9 Å². The van der Waals surface area contributed by atoms with Crippen molar-refractivity contribution in [3.05, 3.63) is 77.4 Å². The number of nitrogens with two attached hydrogens (primary N) is 1. The molecular weight excluding hydrogens is 371 g/mol. The van der Waals surface area contributed by atoms with E-state index in [-0.39, 0.29) is 23.7 Å². The molecule has 7 nitrogen and oxygen atoms in total. The predicted molar refractivity (Wildman–Crippen MR) is 105 cm³/mol. The molecule has 1 aliphatic rings. The summed E-state index contributed by atoms with van der Waals surface area (Å²) in [5.41, 5.74) is 7.49. The number of carbonyl (C=O) groups excluding carboxylic acids is 1. The quantitative estimate of drug-likeness (QED) is 0.692. The second kappa shape index (κ2) is 8.48. The molecule has 0 saturated carbocycles. The van der Waals surface area contributed by atoms with Crippen LogP contribution in [0.25, 0.3) is 0 Å². The van der Waals surface area contributed by atoms with Gasteiger partial charge in [0.25, 0.3) is 0 Å². The maximum absolute atomic E-state index is 13.2. The lowest BCUT2D eigenvalue weighted by atomic mass is 9.93. The molecule has 0 spiro atoms. The van der Waals surface area contributed by atoms with E-state index in [0.717, 1.165) is 42.9 Å². The highest BCUT2D eigenvalue weighted by Crippen LogP contribution is 2.31. The highest BCUT2D eigenvalue weighted by atomic mass is 19.1. The molecule has 3 aromatic rings. The summed E-state index contributed by atoms with van der Waals surface area (Å²) in [7, 11) is 0. The van der Waals surface area contributed by atoms with Crippen LogP contribution in [0.1, 0.15) is 35.8 Å². The van der Waals surface area contributed by atoms with Crippen molar-refractivity contribution in [1.82, 2.24) is 25.1 Å². The SMILES string of the molecule is NC(=O)C1CCN(C(c2ccccc2)c2nnnn2Cc2ccc(F)cc2)CC1. The van der Waals surface area contributed by atoms with E-state index in [9.17, 15) is 9.18 Å². The van der Waals surface area contributed by atoms with Crippen molar-refractivity contribution >= 4 is 5.91 Å². The summed E-state index contributed by atoms with van der Waals surface area (Å²) >= 11 is 0. The molecule has 4 rings (SSSR count). The van der Waals surface area contributed by atoms with Crippen LogP contribution in [0.3, 0.4) is 0 Å². The number of nitrogens with zero attached hydrogens (tertiary/aromatic N) is 5. The lowest BCUT2D eigenvalue weighted by Gasteiger charge is -2.36. The minimum atomic E-state index is -0.273. The number of amides is 1. The molecule has 2 aromatic carbocycles. The molecule has 1 aliphatic heterocycles. The first-order valence-corrected chi connectivity index (χ1v) is 9.70. The van der Waals surface area contributed by atoms with Crippen LogP contribution in [0.4, 0.5) is 4.39 Å². The minimum Gasteiger partial charge on any atom is -0.369 e. The van der Waals surface area contributed by atoms with Gasteiger partial charge in [-0.25, -0.2) is 9.07 Å². The average molecular weight is 394 g/mol. The molecule has 1 aromatic heterocycles. The van der Waals surface area contributed by atoms with Gasteiger partial charge in [-0.1, -0.05) is 42.5 Å². The number of hydrogen-bond acceptors (Lipinski definition) is 5. The molecule has 0 radical (unpaired) electrons. The fraction of sp³-hybridized carbons (Fsp3) is 0.333. The Labute approximate surface area is 168 Å². The number of tetrazole rings is 1. The van der Waals surface area contributed by atoms with Crippen molar-refractivity contribution in [3.8, 4) is 0 Å². The van der Waals surface area contributed by atoms with E-state index in [4.69, 9.17) is 5.73 Å². The fourth-order valence-corrected chi connectivity index (χ4v) is 3.88. The number of carbonyl (C=O) groups is 1. The Kier molecular flexibility index (Phi) is 5.62. The number of primary amides is 1. The maximum atomic E-state index is 13.2. The van der Waals surface area contributed by atoms with Crippen molar-refractivity contribution in [2.24, 2.45) is 11.7 Å². The predicted octanol–water partition coefficient (Wildman–Crippen LogP) is 2.15. The summed E-state index contributed by atoms with van der Waals surface area (Å²) in [6.45, 7) is 1.91. The second-order valence-corrected chi connectivity index (χ2v) is 7.35. The molecule has 8 heteroatoms. The molecule has 1 saturated heterocycles. The first-order chi connectivity index (χ1) is 14.1. The summed E-state index contributed by atoms with van der Waals surface area (Å²) in [6, 6.07) is 16.3. The summed E-state index contributed by atoms with van der Waals surface area (Å²) < 4.78 is 15.0. The number of rotatable bonds is 6. The van der Waals surface area contributed by atoms with Gasteiger partial charge in [-0.2, -0.15) is 0 Å². The summed E-state index contributed by atoms with van der Waals surface area (Å²) in [6.07, 6.45) is 1.44. The first-order valence-electron chi connectivity index (χ1n) is 9.70. The summed E-state index contributed by atoms with van der Waals surface area (Å²) in [5.74, 6) is 0.128. The number of aromatic nitrogens is 4. The van der Waals surface area contributed by atoms with Crippen LogP contribution in [0, 0.1) is 11.7 Å². The smallest absolute Gasteiger partial charge is 0.220 e. The lowest BCUT2D eigenvalue weighted by molar-refractivity contribution is -0.123. The Morgan fingerprint density at radius 2 is 1.79 bits per heavy atom. The molecule has 1 unspecified atom stereocenters. The van der Waals surface area contributed by atoms with Gasteiger partial charge >= 0.3 is 0 Å². The van der Waals surface area contributed by atoms with Crippen molar-refractivity contribution in [1.29, 1.82) is 0 Å². The second-order valence-electron chi connectivity index (χ2n) is 7.35. The molecule has 1 amide bonds. The lowest BCUT2D eigenvalue weighted by Crippen LogP contribution is -2.41. The van der Waals surface area contributed by atoms with Crippen molar-refractivity contribution < 1.29 is 9.18 Å². The third-order valence-corrected chi connectivity index (χ3v) is 5.46. The van der Waals surface area contributed by atoms with Crippen molar-refractivity contribution in [3.63, 3.8) is 0 Å². The molecular formula is C21H23FN6O. The van der Waals surface area contributed by atoms with Gasteiger partial charge in [-0.15, -0.1) is 5.10 Å². The van der Waals surface area contributed by atoms with Gasteiger partial charge in [0.2, 0.25) is 5.91 Å². The minimum absolute atomic E-state index is 0.0853. The van der Waals surface area contributed by atoms with Crippen LogP contribution in [-0.2, 0) is 11.3 Å².